The lowest BCUT2D eigenvalue weighted by molar-refractivity contribution is -0.133. The van der Waals surface area contributed by atoms with E-state index in [1.54, 1.807) is 52.5 Å². The summed E-state index contributed by atoms with van der Waals surface area (Å²) in [5.41, 5.74) is 1.57. The highest BCUT2D eigenvalue weighted by atomic mass is 32.1. The molecule has 3 amide bonds. The number of urea groups is 1. The number of thiophene rings is 1. The fraction of sp³-hybridized carbons (Fsp3) is 0.333. The summed E-state index contributed by atoms with van der Waals surface area (Å²) in [5, 5.41) is 4.89. The van der Waals surface area contributed by atoms with Crippen molar-refractivity contribution in [2.24, 2.45) is 5.92 Å². The minimum atomic E-state index is -0.318. The Balaban J connectivity index is 1.49. The summed E-state index contributed by atoms with van der Waals surface area (Å²) in [6.45, 7) is 5.51. The van der Waals surface area contributed by atoms with Crippen LogP contribution in [0.15, 0.2) is 60.0 Å². The Morgan fingerprint density at radius 2 is 1.81 bits per heavy atom. The van der Waals surface area contributed by atoms with Crippen molar-refractivity contribution in [3.63, 3.8) is 0 Å². The molecule has 0 bridgehead atoms. The molecule has 1 aliphatic heterocycles. The lowest BCUT2D eigenvalue weighted by Crippen LogP contribution is -2.45. The fourth-order valence-corrected chi connectivity index (χ4v) is 4.60. The molecule has 0 saturated heterocycles. The quantitative estimate of drug-likeness (QED) is 0.406. The molecule has 0 aliphatic carbocycles. The van der Waals surface area contributed by atoms with Gasteiger partial charge in [0.2, 0.25) is 12.7 Å². The topological polar surface area (TPSA) is 80.3 Å². The Hall–Kier alpha value is -3.72. The van der Waals surface area contributed by atoms with Crippen LogP contribution in [0.2, 0.25) is 0 Å². The number of amides is 3. The van der Waals surface area contributed by atoms with E-state index in [2.05, 4.69) is 5.32 Å². The maximum Gasteiger partial charge on any atom is 0.322 e. The van der Waals surface area contributed by atoms with E-state index in [0.717, 1.165) is 10.4 Å². The van der Waals surface area contributed by atoms with E-state index in [0.29, 0.717) is 42.6 Å². The van der Waals surface area contributed by atoms with Crippen molar-refractivity contribution in [1.29, 1.82) is 0 Å². The van der Waals surface area contributed by atoms with Gasteiger partial charge in [0.25, 0.3) is 0 Å². The largest absolute Gasteiger partial charge is 0.497 e. The molecular weight excluding hydrogens is 478 g/mol. The average molecular weight is 510 g/mol. The maximum atomic E-state index is 13.6. The van der Waals surface area contributed by atoms with E-state index in [1.165, 1.54) is 0 Å². The van der Waals surface area contributed by atoms with Crippen LogP contribution in [0, 0.1) is 5.92 Å². The van der Waals surface area contributed by atoms with Crippen molar-refractivity contribution in [2.75, 3.05) is 32.3 Å². The summed E-state index contributed by atoms with van der Waals surface area (Å²) in [6.07, 6.45) is 0. The lowest BCUT2D eigenvalue weighted by Gasteiger charge is -2.29. The third kappa shape index (κ3) is 6.69. The number of nitrogens with zero attached hydrogens (tertiary/aromatic N) is 2. The van der Waals surface area contributed by atoms with Crippen LogP contribution in [0.5, 0.6) is 17.2 Å². The van der Waals surface area contributed by atoms with E-state index < -0.39 is 0 Å². The Bertz CT molecular complexity index is 1160. The van der Waals surface area contributed by atoms with Crippen molar-refractivity contribution >= 4 is 29.0 Å². The number of carbonyl (C=O) groups is 2. The first-order valence-electron chi connectivity index (χ1n) is 11.8. The summed E-state index contributed by atoms with van der Waals surface area (Å²) in [5.74, 6) is 2.14. The van der Waals surface area contributed by atoms with Crippen molar-refractivity contribution in [3.8, 4) is 17.2 Å². The van der Waals surface area contributed by atoms with Gasteiger partial charge >= 0.3 is 6.03 Å². The highest BCUT2D eigenvalue weighted by Gasteiger charge is 2.24. The van der Waals surface area contributed by atoms with Crippen LogP contribution in [-0.2, 0) is 17.9 Å². The van der Waals surface area contributed by atoms with Gasteiger partial charge in [-0.1, -0.05) is 26.0 Å². The first kappa shape index (κ1) is 25.4. The second-order valence-corrected chi connectivity index (χ2v) is 9.98. The molecule has 8 nitrogen and oxygen atoms in total. The standard InChI is InChI=1S/C27H31N3O5S/c1-19(2)14-30(27(32)28-21-7-9-22(33-3)10-8-21)17-26(31)29(16-23-5-4-12-36-23)15-20-6-11-24-25(13-20)35-18-34-24/h4-13,19H,14-18H2,1-3H3,(H,28,32). The number of ether oxygens (including phenoxy) is 3. The molecule has 4 rings (SSSR count). The summed E-state index contributed by atoms with van der Waals surface area (Å²) in [4.78, 5) is 31.1. The third-order valence-corrected chi connectivity index (χ3v) is 6.49. The lowest BCUT2D eigenvalue weighted by atomic mass is 10.1. The molecule has 1 aliphatic rings. The van der Waals surface area contributed by atoms with Crippen LogP contribution in [0.1, 0.15) is 24.3 Å². The minimum absolute atomic E-state index is 0.0317. The minimum Gasteiger partial charge on any atom is -0.497 e. The molecule has 0 fully saturated rings. The fourth-order valence-electron chi connectivity index (χ4n) is 3.88. The molecule has 3 aromatic rings. The molecule has 2 aromatic carbocycles. The van der Waals surface area contributed by atoms with Gasteiger partial charge in [-0.05, 0) is 59.3 Å². The van der Waals surface area contributed by atoms with Gasteiger partial charge in [-0.25, -0.2) is 4.79 Å². The van der Waals surface area contributed by atoms with Crippen LogP contribution in [0.25, 0.3) is 0 Å². The Morgan fingerprint density at radius 3 is 2.50 bits per heavy atom. The first-order chi connectivity index (χ1) is 17.4. The predicted molar refractivity (Wildman–Crippen MR) is 140 cm³/mol. The van der Waals surface area contributed by atoms with Gasteiger partial charge < -0.3 is 29.3 Å². The van der Waals surface area contributed by atoms with E-state index >= 15 is 0 Å². The van der Waals surface area contributed by atoms with Crippen LogP contribution in [-0.4, -0.2) is 48.7 Å². The molecule has 0 saturated carbocycles. The number of carbonyl (C=O) groups excluding carboxylic acids is 2. The number of fused-ring (bicyclic) bond motifs is 1. The normalized spacial score (nSPS) is 11.9. The van der Waals surface area contributed by atoms with Gasteiger partial charge in [0.05, 0.1) is 13.7 Å². The Kier molecular flexibility index (Phi) is 8.32. The molecule has 36 heavy (non-hydrogen) atoms. The molecule has 1 N–H and O–H groups in total. The molecule has 0 radical (unpaired) electrons. The summed E-state index contributed by atoms with van der Waals surface area (Å²) >= 11 is 1.60. The van der Waals surface area contributed by atoms with Crippen molar-refractivity contribution in [2.45, 2.75) is 26.9 Å². The third-order valence-electron chi connectivity index (χ3n) is 5.63. The summed E-state index contributed by atoms with van der Waals surface area (Å²) in [7, 11) is 1.59. The molecule has 0 atom stereocenters. The number of nitrogens with one attached hydrogen (secondary N) is 1. The van der Waals surface area contributed by atoms with Crippen LogP contribution in [0.4, 0.5) is 10.5 Å². The highest BCUT2D eigenvalue weighted by molar-refractivity contribution is 7.09. The zero-order chi connectivity index (χ0) is 25.5. The summed E-state index contributed by atoms with van der Waals surface area (Å²) in [6, 6.07) is 16.5. The SMILES string of the molecule is COc1ccc(NC(=O)N(CC(=O)N(Cc2ccc3c(c2)OCO3)Cc2cccs2)CC(C)C)cc1. The first-order valence-corrected chi connectivity index (χ1v) is 12.7. The molecule has 0 spiro atoms. The number of hydrogen-bond acceptors (Lipinski definition) is 6. The van der Waals surface area contributed by atoms with Crippen LogP contribution < -0.4 is 19.5 Å². The highest BCUT2D eigenvalue weighted by Crippen LogP contribution is 2.33. The zero-order valence-electron chi connectivity index (χ0n) is 20.7. The number of methoxy groups -OCH3 is 1. The Morgan fingerprint density at radius 1 is 1.03 bits per heavy atom. The average Bonchev–Trinajstić information content (AvgIpc) is 3.55. The van der Waals surface area contributed by atoms with Crippen LogP contribution in [0.3, 0.4) is 0 Å². The molecule has 1 aromatic heterocycles. The number of hydrogen-bond donors (Lipinski definition) is 1. The van der Waals surface area contributed by atoms with Gasteiger partial charge in [-0.2, -0.15) is 0 Å². The Labute approximate surface area is 215 Å². The number of benzene rings is 2. The van der Waals surface area contributed by atoms with Crippen molar-refractivity contribution in [1.82, 2.24) is 9.80 Å². The van der Waals surface area contributed by atoms with E-state index in [4.69, 9.17) is 14.2 Å². The predicted octanol–water partition coefficient (Wildman–Crippen LogP) is 5.20. The monoisotopic (exact) mass is 509 g/mol. The molecule has 0 unspecified atom stereocenters. The molecule has 2 heterocycles. The molecular formula is C27H31N3O5S. The van der Waals surface area contributed by atoms with Gasteiger partial charge in [0.15, 0.2) is 11.5 Å². The zero-order valence-corrected chi connectivity index (χ0v) is 21.5. The van der Waals surface area contributed by atoms with Crippen molar-refractivity contribution in [3.05, 3.63) is 70.4 Å². The van der Waals surface area contributed by atoms with Gasteiger partial charge in [-0.15, -0.1) is 11.3 Å². The maximum absolute atomic E-state index is 13.6. The second kappa shape index (κ2) is 11.8. The van der Waals surface area contributed by atoms with E-state index in [9.17, 15) is 9.59 Å². The molecule has 190 valence electrons. The van der Waals surface area contributed by atoms with Crippen LogP contribution >= 0.6 is 11.3 Å². The smallest absolute Gasteiger partial charge is 0.322 e. The van der Waals surface area contributed by atoms with Gasteiger partial charge in [-0.3, -0.25) is 4.79 Å². The molecule has 9 heteroatoms. The van der Waals surface area contributed by atoms with E-state index in [-0.39, 0.29) is 31.2 Å². The second-order valence-electron chi connectivity index (χ2n) is 8.95. The number of rotatable bonds is 10. The van der Waals surface area contributed by atoms with Crippen molar-refractivity contribution < 1.29 is 23.8 Å². The number of anilines is 1. The van der Waals surface area contributed by atoms with Gasteiger partial charge in [0, 0.05) is 23.7 Å². The van der Waals surface area contributed by atoms with E-state index in [1.807, 2.05) is 49.6 Å². The summed E-state index contributed by atoms with van der Waals surface area (Å²) < 4.78 is 16.1. The van der Waals surface area contributed by atoms with Gasteiger partial charge in [0.1, 0.15) is 12.3 Å².